The molecule has 10 N–H and O–H groups in total. The van der Waals surface area contributed by atoms with Crippen LogP contribution in [0.1, 0.15) is 107 Å². The minimum Gasteiger partial charge on any atom is -0.547 e. The molecule has 0 radical (unpaired) electrons. The summed E-state index contributed by atoms with van der Waals surface area (Å²) in [4.78, 5) is 38.3. The monoisotopic (exact) mass is 1120 g/mol. The summed E-state index contributed by atoms with van der Waals surface area (Å²) in [5, 5.41) is 123. The maximum atomic E-state index is 13.6. The van der Waals surface area contributed by atoms with E-state index in [9.17, 15) is 70.6 Å². The molecule has 4 saturated carbocycles. The molecule has 0 amide bonds. The van der Waals surface area contributed by atoms with Crippen molar-refractivity contribution in [2.75, 3.05) is 26.4 Å². The van der Waals surface area contributed by atoms with Crippen LogP contribution in [-0.2, 0) is 57.0 Å². The Labute approximate surface area is 476 Å². The molecule has 438 valence electrons. The van der Waals surface area contributed by atoms with Crippen LogP contribution in [0, 0.1) is 56.2 Å². The predicted molar refractivity (Wildman–Crippen MR) is 258 cm³/mol. The van der Waals surface area contributed by atoms with Crippen molar-refractivity contribution in [3.05, 3.63) is 11.6 Å². The molecule has 9 rings (SSSR count). The number of carboxylic acids is 1. The number of ether oxygens (including phenoxy) is 9. The van der Waals surface area contributed by atoms with Gasteiger partial charge in [-0.2, -0.15) is 0 Å². The van der Waals surface area contributed by atoms with Gasteiger partial charge in [0.05, 0.1) is 61.5 Å². The minimum atomic E-state index is -2.20. The topological polar surface area (TPSA) is 360 Å². The van der Waals surface area contributed by atoms with Gasteiger partial charge in [0.15, 0.2) is 18.9 Å². The number of hydrogen-bond donors (Lipinski definition) is 10. The molecule has 23 nitrogen and oxygen atoms in total. The van der Waals surface area contributed by atoms with Gasteiger partial charge >= 0.3 is 41.5 Å². The third kappa shape index (κ3) is 9.81. The first kappa shape index (κ1) is 62.5. The summed E-state index contributed by atoms with van der Waals surface area (Å²) in [5.41, 5.74) is -2.45. The number of hydrogen-bond acceptors (Lipinski definition) is 23. The number of aliphatic hydroxyl groups is 10. The van der Waals surface area contributed by atoms with Gasteiger partial charge in [-0.15, -0.1) is 0 Å². The molecule has 0 aromatic rings. The van der Waals surface area contributed by atoms with Gasteiger partial charge in [0, 0.05) is 12.3 Å². The molecule has 78 heavy (non-hydrogen) atoms. The van der Waals surface area contributed by atoms with Crippen molar-refractivity contribution in [3.63, 3.8) is 0 Å². The van der Waals surface area contributed by atoms with Crippen molar-refractivity contribution in [1.29, 1.82) is 0 Å². The van der Waals surface area contributed by atoms with Crippen LogP contribution in [-0.4, -0.2) is 212 Å². The van der Waals surface area contributed by atoms with E-state index in [0.717, 1.165) is 0 Å². The summed E-state index contributed by atoms with van der Waals surface area (Å²) in [6.45, 7) is 15.8. The van der Waals surface area contributed by atoms with Crippen molar-refractivity contribution in [3.8, 4) is 0 Å². The zero-order valence-corrected chi connectivity index (χ0v) is 48.4. The molecule has 4 heterocycles. The van der Waals surface area contributed by atoms with Gasteiger partial charge in [-0.05, 0) is 98.2 Å². The molecule has 8 fully saturated rings. The molecule has 28 atom stereocenters. The van der Waals surface area contributed by atoms with Crippen LogP contribution in [0.15, 0.2) is 11.6 Å². The van der Waals surface area contributed by atoms with Crippen LogP contribution in [0.25, 0.3) is 0 Å². The Morgan fingerprint density at radius 2 is 1.44 bits per heavy atom. The second-order valence-electron chi connectivity index (χ2n) is 25.8. The van der Waals surface area contributed by atoms with E-state index < -0.39 is 187 Å². The van der Waals surface area contributed by atoms with Crippen LogP contribution in [0.2, 0.25) is 0 Å². The van der Waals surface area contributed by atoms with Gasteiger partial charge in [0.25, 0.3) is 0 Å². The molecule has 4 aliphatic heterocycles. The van der Waals surface area contributed by atoms with Crippen LogP contribution in [0.3, 0.4) is 0 Å². The Balaban J connectivity index is 0.00000803. The predicted octanol–water partition coefficient (Wildman–Crippen LogP) is -4.92. The molecular formula is C54H83NaO23. The van der Waals surface area contributed by atoms with E-state index >= 15 is 0 Å². The molecule has 4 saturated heterocycles. The fourth-order valence-electron chi connectivity index (χ4n) is 16.5. The fourth-order valence-corrected chi connectivity index (χ4v) is 16.5. The smallest absolute Gasteiger partial charge is 0.547 e. The maximum absolute atomic E-state index is 13.6. The Morgan fingerprint density at radius 3 is 2.08 bits per heavy atom. The van der Waals surface area contributed by atoms with Gasteiger partial charge < -0.3 is 104 Å². The van der Waals surface area contributed by atoms with Crippen molar-refractivity contribution >= 4 is 17.9 Å². The zero-order chi connectivity index (χ0) is 56.4. The average Bonchev–Trinajstić information content (AvgIpc) is 3.60. The van der Waals surface area contributed by atoms with Gasteiger partial charge in [-0.3, -0.25) is 9.59 Å². The van der Waals surface area contributed by atoms with Crippen LogP contribution in [0.5, 0.6) is 0 Å². The van der Waals surface area contributed by atoms with E-state index in [0.29, 0.717) is 44.9 Å². The van der Waals surface area contributed by atoms with Crippen molar-refractivity contribution in [2.24, 2.45) is 56.2 Å². The largest absolute Gasteiger partial charge is 1.00 e. The molecule has 0 aromatic carbocycles. The molecule has 0 spiro atoms. The van der Waals surface area contributed by atoms with Crippen LogP contribution < -0.4 is 34.7 Å². The SMILES string of the molecule is CC(=O)OC(C)C(C)C(=O)OC[C@]12C3CC(C)(C)[C@@H](O[C@H]1C[C@]1(C)C3=CCC3[C@@]4(C)CC[C@H](O[C@@H]5O[C@H](C(=O)[O-])C(O[C@H]6O[C@H](CO)[C@@H](O)[C@H](O)[C@H]6O)[C@H](O)[C@H]5O[C@H]5OC[C@H](O)[C@@H](O)[C@@H]5O)[C@](C)(CO)C4CC[C@]31C)[C@H]2O.[Na+]. The van der Waals surface area contributed by atoms with Gasteiger partial charge in [0.2, 0.25) is 0 Å². The second-order valence-corrected chi connectivity index (χ2v) is 25.8. The summed E-state index contributed by atoms with van der Waals surface area (Å²) in [5.74, 6) is -4.10. The fraction of sp³-hybridized carbons (Fsp3) is 0.907. The maximum Gasteiger partial charge on any atom is 1.00 e. The van der Waals surface area contributed by atoms with Crippen LogP contribution in [0.4, 0.5) is 0 Å². The van der Waals surface area contributed by atoms with Crippen molar-refractivity contribution in [2.45, 2.75) is 224 Å². The number of allylic oxidation sites excluding steroid dienone is 2. The first-order valence-electron chi connectivity index (χ1n) is 27.4. The number of fused-ring (bicyclic) bond motifs is 7. The second kappa shape index (κ2) is 22.5. The van der Waals surface area contributed by atoms with Crippen molar-refractivity contribution < 1.29 is 143 Å². The number of aliphatic hydroxyl groups excluding tert-OH is 10. The first-order valence-corrected chi connectivity index (χ1v) is 27.4. The van der Waals surface area contributed by atoms with Crippen LogP contribution >= 0.6 is 0 Å². The van der Waals surface area contributed by atoms with E-state index in [2.05, 4.69) is 40.7 Å². The van der Waals surface area contributed by atoms with Gasteiger partial charge in [-0.1, -0.05) is 53.2 Å². The number of rotatable bonds is 14. The minimum absolute atomic E-state index is 0. The number of carboxylic acid groups (broad SMARTS) is 1. The van der Waals surface area contributed by atoms with E-state index in [4.69, 9.17) is 42.6 Å². The summed E-state index contributed by atoms with van der Waals surface area (Å²) >= 11 is 0. The average molecular weight is 1120 g/mol. The molecule has 9 aliphatic rings. The summed E-state index contributed by atoms with van der Waals surface area (Å²) in [6.07, 6.45) is -23.3. The quantitative estimate of drug-likeness (QED) is 0.0337. The van der Waals surface area contributed by atoms with Crippen molar-refractivity contribution in [1.82, 2.24) is 0 Å². The summed E-state index contributed by atoms with van der Waals surface area (Å²) in [7, 11) is 0. The van der Waals surface area contributed by atoms with Gasteiger partial charge in [0.1, 0.15) is 79.9 Å². The number of carbonyl (C=O) groups excluding carboxylic acids is 3. The number of aliphatic carboxylic acids is 1. The van der Waals surface area contributed by atoms with E-state index in [1.54, 1.807) is 13.8 Å². The first-order chi connectivity index (χ1) is 36.0. The molecular weight excluding hydrogens is 1040 g/mol. The zero-order valence-electron chi connectivity index (χ0n) is 46.4. The Morgan fingerprint density at radius 1 is 0.769 bits per heavy atom. The summed E-state index contributed by atoms with van der Waals surface area (Å²) in [6, 6.07) is 0. The normalized spacial score (nSPS) is 51.0. The standard InChI is InChI=1S/C54H84O23.Na/c1-22(23(2)71-24(3)57)45(68)70-21-54-26-16-49(4,5)43(42(54)65)73-32(54)17-53(9)25(26)10-11-30-50(6)14-13-31(51(7,20-56)29(50)12-15-52(30,53)8)74-48-40(76-46-36(62)33(59)27(58)19-69-46)38(64)39(41(77-48)44(66)67)75-47-37(63)35(61)34(60)28(18-55)72-47;/h10,22-23,26-43,46-48,55-56,58-65H,11-21H2,1-9H3,(H,66,67);/q;+1/p-1/t22?,23?,26?,27-,28+,29?,30?,31-,32-,33+,34+,35-,36-,37+,38-,39?,40+,41-,42+,43-,46+,47+,48+,50-,51+,52+,53+,54-;/m0./s1. The van der Waals surface area contributed by atoms with E-state index in [1.807, 2.05) is 6.92 Å². The molecule has 0 aromatic heterocycles. The third-order valence-electron chi connectivity index (χ3n) is 21.3. The Hall–Kier alpha value is -1.53. The third-order valence-corrected chi connectivity index (χ3v) is 21.3. The van der Waals surface area contributed by atoms with Gasteiger partial charge in [-0.25, -0.2) is 0 Å². The molecule has 6 unspecified atom stereocenters. The Bertz CT molecular complexity index is 2240. The van der Waals surface area contributed by atoms with E-state index in [1.165, 1.54) is 12.5 Å². The Kier molecular flexibility index (Phi) is 18.0. The molecule has 24 heteroatoms. The number of esters is 2. The summed E-state index contributed by atoms with van der Waals surface area (Å²) < 4.78 is 54.1. The van der Waals surface area contributed by atoms with E-state index in [-0.39, 0.29) is 59.3 Å². The molecule has 5 aliphatic carbocycles. The molecule has 2 bridgehead atoms. The number of carbonyl (C=O) groups is 3.